The molecule has 1 rings (SSSR count). The van der Waals surface area contributed by atoms with Gasteiger partial charge >= 0.3 is 0 Å². The number of amides is 1. The van der Waals surface area contributed by atoms with Crippen LogP contribution in [0.25, 0.3) is 0 Å². The van der Waals surface area contributed by atoms with E-state index in [0.29, 0.717) is 16.6 Å². The Labute approximate surface area is 111 Å². The first-order valence-electron chi connectivity index (χ1n) is 4.95. The highest BCUT2D eigenvalue weighted by molar-refractivity contribution is 7.80. The fourth-order valence-electron chi connectivity index (χ4n) is 1.44. The Balaban J connectivity index is 2.79. The highest BCUT2D eigenvalue weighted by Crippen LogP contribution is 2.19. The fraction of sp³-hybridized carbons (Fsp3) is 0.273. The van der Waals surface area contributed by atoms with E-state index in [1.165, 1.54) is 0 Å². The summed E-state index contributed by atoms with van der Waals surface area (Å²) in [4.78, 5) is 12.8. The summed E-state index contributed by atoms with van der Waals surface area (Å²) in [7, 11) is 1.79. The van der Waals surface area contributed by atoms with Crippen molar-refractivity contribution in [2.24, 2.45) is 11.5 Å². The van der Waals surface area contributed by atoms with Crippen LogP contribution in [0.3, 0.4) is 0 Å². The summed E-state index contributed by atoms with van der Waals surface area (Å²) >= 11 is 11.0. The van der Waals surface area contributed by atoms with Crippen LogP contribution in [-0.2, 0) is 11.3 Å². The summed E-state index contributed by atoms with van der Waals surface area (Å²) < 4.78 is 0. The van der Waals surface area contributed by atoms with Gasteiger partial charge in [-0.05, 0) is 18.7 Å². The molecule has 0 bridgehead atoms. The zero-order valence-electron chi connectivity index (χ0n) is 9.44. The van der Waals surface area contributed by atoms with Crippen LogP contribution in [0.4, 0.5) is 0 Å². The number of nitrogens with two attached hydrogens (primary N) is 2. The van der Waals surface area contributed by atoms with Crippen molar-refractivity contribution in [3.05, 3.63) is 34.3 Å². The molecule has 1 aromatic rings. The molecule has 0 radical (unpaired) electrons. The van der Waals surface area contributed by atoms with Gasteiger partial charge in [0.25, 0.3) is 0 Å². The third kappa shape index (κ3) is 4.30. The third-order valence-corrected chi connectivity index (χ3v) is 2.79. The highest BCUT2D eigenvalue weighted by Gasteiger charge is 2.08. The number of hydrogen-bond acceptors (Lipinski definition) is 3. The Hall–Kier alpha value is -1.17. The largest absolute Gasteiger partial charge is 0.389 e. The highest BCUT2D eigenvalue weighted by atomic mass is 35.5. The molecule has 0 aliphatic heterocycles. The van der Waals surface area contributed by atoms with Crippen LogP contribution in [0.2, 0.25) is 5.02 Å². The predicted octanol–water partition coefficient (Wildman–Crippen LogP) is 0.891. The van der Waals surface area contributed by atoms with Crippen molar-refractivity contribution in [3.63, 3.8) is 0 Å². The SMILES string of the molecule is CN(CC(N)=O)Cc1ccc(C(N)=S)cc1Cl. The number of hydrogen-bond donors (Lipinski definition) is 2. The van der Waals surface area contributed by atoms with Gasteiger partial charge in [-0.25, -0.2) is 0 Å². The van der Waals surface area contributed by atoms with E-state index in [0.717, 1.165) is 11.1 Å². The monoisotopic (exact) mass is 271 g/mol. The average molecular weight is 272 g/mol. The van der Waals surface area contributed by atoms with Crippen molar-refractivity contribution in [1.82, 2.24) is 4.90 Å². The van der Waals surface area contributed by atoms with Gasteiger partial charge in [0.1, 0.15) is 4.99 Å². The smallest absolute Gasteiger partial charge is 0.231 e. The number of halogens is 1. The van der Waals surface area contributed by atoms with E-state index in [-0.39, 0.29) is 12.5 Å². The van der Waals surface area contributed by atoms with Gasteiger partial charge in [-0.3, -0.25) is 9.69 Å². The summed E-state index contributed by atoms with van der Waals surface area (Å²) in [6.07, 6.45) is 0. The molecule has 0 aromatic heterocycles. The van der Waals surface area contributed by atoms with E-state index in [4.69, 9.17) is 35.3 Å². The maximum Gasteiger partial charge on any atom is 0.231 e. The molecule has 0 aliphatic rings. The number of thiocarbonyl (C=S) groups is 1. The zero-order valence-corrected chi connectivity index (χ0v) is 11.0. The van der Waals surface area contributed by atoms with Crippen LogP contribution in [0.15, 0.2) is 18.2 Å². The zero-order chi connectivity index (χ0) is 13.0. The second-order valence-corrected chi connectivity index (χ2v) is 4.66. The van der Waals surface area contributed by atoms with Crippen molar-refractivity contribution in [2.75, 3.05) is 13.6 Å². The summed E-state index contributed by atoms with van der Waals surface area (Å²) in [6, 6.07) is 5.37. The van der Waals surface area contributed by atoms with Crippen molar-refractivity contribution >= 4 is 34.7 Å². The summed E-state index contributed by atoms with van der Waals surface area (Å²) in [6.45, 7) is 0.729. The fourth-order valence-corrected chi connectivity index (χ4v) is 1.81. The van der Waals surface area contributed by atoms with Gasteiger partial charge in [0, 0.05) is 17.1 Å². The molecule has 4 nitrogen and oxygen atoms in total. The summed E-state index contributed by atoms with van der Waals surface area (Å²) in [5, 5.41) is 0.576. The Morgan fingerprint density at radius 1 is 1.47 bits per heavy atom. The number of primary amides is 1. The lowest BCUT2D eigenvalue weighted by Crippen LogP contribution is -2.30. The van der Waals surface area contributed by atoms with Crippen LogP contribution in [0, 0.1) is 0 Å². The first kappa shape index (κ1) is 13.9. The van der Waals surface area contributed by atoms with Gasteiger partial charge in [0.15, 0.2) is 0 Å². The number of carbonyl (C=O) groups excluding carboxylic acids is 1. The molecule has 4 N–H and O–H groups in total. The number of benzene rings is 1. The molecule has 0 aliphatic carbocycles. The standard InChI is InChI=1S/C11H14ClN3OS/c1-15(6-10(13)16)5-8-3-2-7(11(14)17)4-9(8)12/h2-4H,5-6H2,1H3,(H2,13,16)(H2,14,17). The molecule has 0 heterocycles. The minimum Gasteiger partial charge on any atom is -0.389 e. The normalized spacial score (nSPS) is 10.5. The quantitative estimate of drug-likeness (QED) is 0.781. The van der Waals surface area contributed by atoms with Crippen LogP contribution in [-0.4, -0.2) is 29.4 Å². The van der Waals surface area contributed by atoms with Crippen LogP contribution < -0.4 is 11.5 Å². The van der Waals surface area contributed by atoms with E-state index in [1.807, 2.05) is 12.1 Å². The summed E-state index contributed by atoms with van der Waals surface area (Å²) in [5.74, 6) is -0.372. The number of carbonyl (C=O) groups is 1. The maximum atomic E-state index is 10.7. The van der Waals surface area contributed by atoms with Crippen LogP contribution in [0.1, 0.15) is 11.1 Å². The molecular weight excluding hydrogens is 258 g/mol. The summed E-state index contributed by atoms with van der Waals surface area (Å²) in [5.41, 5.74) is 12.2. The van der Waals surface area contributed by atoms with E-state index < -0.39 is 0 Å². The van der Waals surface area contributed by atoms with E-state index in [2.05, 4.69) is 0 Å². The molecule has 6 heteroatoms. The molecule has 0 fully saturated rings. The van der Waals surface area contributed by atoms with Gasteiger partial charge < -0.3 is 11.5 Å². The van der Waals surface area contributed by atoms with Gasteiger partial charge in [-0.2, -0.15) is 0 Å². The molecule has 0 spiro atoms. The lowest BCUT2D eigenvalue weighted by molar-refractivity contribution is -0.118. The molecule has 0 saturated carbocycles. The predicted molar refractivity (Wildman–Crippen MR) is 72.9 cm³/mol. The lowest BCUT2D eigenvalue weighted by atomic mass is 10.1. The molecule has 1 amide bonds. The first-order chi connectivity index (χ1) is 7.90. The van der Waals surface area contributed by atoms with Gasteiger partial charge in [0.2, 0.25) is 5.91 Å². The molecule has 1 aromatic carbocycles. The van der Waals surface area contributed by atoms with Gasteiger partial charge in [-0.15, -0.1) is 0 Å². The topological polar surface area (TPSA) is 72.3 Å². The average Bonchev–Trinajstić information content (AvgIpc) is 2.19. The Morgan fingerprint density at radius 3 is 2.59 bits per heavy atom. The molecular formula is C11H14ClN3OS. The molecule has 92 valence electrons. The van der Waals surface area contributed by atoms with Gasteiger partial charge in [-0.1, -0.05) is 36.0 Å². The Kier molecular flexibility index (Phi) is 4.86. The lowest BCUT2D eigenvalue weighted by Gasteiger charge is -2.15. The Morgan fingerprint density at radius 2 is 2.12 bits per heavy atom. The van der Waals surface area contributed by atoms with Crippen molar-refractivity contribution in [2.45, 2.75) is 6.54 Å². The number of rotatable bonds is 5. The second-order valence-electron chi connectivity index (χ2n) is 3.81. The van der Waals surface area contributed by atoms with E-state index >= 15 is 0 Å². The molecule has 0 atom stereocenters. The second kappa shape index (κ2) is 5.95. The van der Waals surface area contributed by atoms with Crippen molar-refractivity contribution < 1.29 is 4.79 Å². The molecule has 17 heavy (non-hydrogen) atoms. The van der Waals surface area contributed by atoms with E-state index in [1.54, 1.807) is 18.0 Å². The van der Waals surface area contributed by atoms with E-state index in [9.17, 15) is 4.79 Å². The van der Waals surface area contributed by atoms with Crippen LogP contribution in [0.5, 0.6) is 0 Å². The number of likely N-dealkylation sites (N-methyl/N-ethyl adjacent to an activating group) is 1. The van der Waals surface area contributed by atoms with Crippen molar-refractivity contribution in [3.8, 4) is 0 Å². The third-order valence-electron chi connectivity index (χ3n) is 2.20. The maximum absolute atomic E-state index is 10.7. The Bertz CT molecular complexity index is 450. The minimum atomic E-state index is -0.372. The minimum absolute atomic E-state index is 0.188. The first-order valence-corrected chi connectivity index (χ1v) is 5.74. The van der Waals surface area contributed by atoms with Crippen molar-refractivity contribution in [1.29, 1.82) is 0 Å². The molecule has 0 unspecified atom stereocenters. The number of nitrogens with zero attached hydrogens (tertiary/aromatic N) is 1. The van der Waals surface area contributed by atoms with Crippen LogP contribution >= 0.6 is 23.8 Å². The van der Waals surface area contributed by atoms with Gasteiger partial charge in [0.05, 0.1) is 6.54 Å². The molecule has 0 saturated heterocycles.